The number of fused-ring (bicyclic) bond motifs is 1. The number of benzene rings is 1. The maximum atomic E-state index is 12.2. The van der Waals surface area contributed by atoms with Gasteiger partial charge in [0.25, 0.3) is 5.56 Å². The molecule has 0 atom stereocenters. The molecule has 0 unspecified atom stereocenters. The highest BCUT2D eigenvalue weighted by atomic mass is 79.9. The quantitative estimate of drug-likeness (QED) is 0.373. The van der Waals surface area contributed by atoms with Crippen LogP contribution < -0.4 is 5.56 Å². The third-order valence-corrected chi connectivity index (χ3v) is 5.00. The fourth-order valence-corrected chi connectivity index (χ4v) is 3.27. The summed E-state index contributed by atoms with van der Waals surface area (Å²) in [4.78, 5) is 32.8. The van der Waals surface area contributed by atoms with E-state index in [2.05, 4.69) is 25.9 Å². The minimum absolute atomic E-state index is 0.0811. The van der Waals surface area contributed by atoms with Gasteiger partial charge in [-0.3, -0.25) is 14.0 Å². The summed E-state index contributed by atoms with van der Waals surface area (Å²) in [6.07, 6.45) is 3.64. The average Bonchev–Trinajstić information content (AvgIpc) is 3.21. The first kappa shape index (κ1) is 20.3. The highest BCUT2D eigenvalue weighted by Crippen LogP contribution is 2.22. The molecule has 0 aliphatic carbocycles. The molecule has 0 saturated heterocycles. The van der Waals surface area contributed by atoms with Gasteiger partial charge in [-0.05, 0) is 52.3 Å². The molecule has 9 heteroatoms. The number of nitrogens with zero attached hydrogens (tertiary/aromatic N) is 3. The Kier molecular flexibility index (Phi) is 5.96. The van der Waals surface area contributed by atoms with Gasteiger partial charge in [0.1, 0.15) is 12.3 Å². The maximum absolute atomic E-state index is 12.2. The molecule has 152 valence electrons. The summed E-state index contributed by atoms with van der Waals surface area (Å²) in [5.41, 5.74) is 1.46. The first-order valence-corrected chi connectivity index (χ1v) is 10.2. The molecule has 0 spiro atoms. The van der Waals surface area contributed by atoms with E-state index in [4.69, 9.17) is 20.8 Å². The molecule has 3 heterocycles. The molecule has 0 radical (unpaired) electrons. The van der Waals surface area contributed by atoms with Crippen molar-refractivity contribution in [2.45, 2.75) is 19.4 Å². The number of aryl methyl sites for hydroxylation is 1. The number of aromatic nitrogens is 3. The van der Waals surface area contributed by atoms with Gasteiger partial charge < -0.3 is 9.15 Å². The molecule has 0 aliphatic heterocycles. The molecule has 4 rings (SSSR count). The number of rotatable bonds is 6. The molecule has 0 bridgehead atoms. The number of esters is 1. The SMILES string of the molecule is O=C(CCc1ncc(-c2ccc(Cl)cc2)o1)OCc1cc(=O)n2cc(Br)ccc2n1. The van der Waals surface area contributed by atoms with Gasteiger partial charge in [-0.15, -0.1) is 0 Å². The summed E-state index contributed by atoms with van der Waals surface area (Å²) in [6, 6.07) is 12.0. The van der Waals surface area contributed by atoms with Crippen molar-refractivity contribution in [1.82, 2.24) is 14.4 Å². The van der Waals surface area contributed by atoms with Gasteiger partial charge in [-0.2, -0.15) is 0 Å². The first-order valence-electron chi connectivity index (χ1n) is 9.02. The van der Waals surface area contributed by atoms with Crippen LogP contribution in [0.25, 0.3) is 17.0 Å². The van der Waals surface area contributed by atoms with Gasteiger partial charge in [-0.25, -0.2) is 9.97 Å². The molecular weight excluding hydrogens is 474 g/mol. The molecule has 0 saturated carbocycles. The van der Waals surface area contributed by atoms with Crippen LogP contribution in [0, 0.1) is 0 Å². The molecule has 3 aromatic heterocycles. The van der Waals surface area contributed by atoms with Crippen LogP contribution >= 0.6 is 27.5 Å². The molecule has 7 nitrogen and oxygen atoms in total. The Morgan fingerprint density at radius 2 is 2.00 bits per heavy atom. The lowest BCUT2D eigenvalue weighted by Crippen LogP contribution is -2.16. The molecule has 0 amide bonds. The van der Waals surface area contributed by atoms with Crippen molar-refractivity contribution in [2.75, 3.05) is 0 Å². The summed E-state index contributed by atoms with van der Waals surface area (Å²) in [7, 11) is 0. The lowest BCUT2D eigenvalue weighted by molar-refractivity contribution is -0.145. The van der Waals surface area contributed by atoms with E-state index in [1.54, 1.807) is 36.7 Å². The molecule has 30 heavy (non-hydrogen) atoms. The Morgan fingerprint density at radius 3 is 2.80 bits per heavy atom. The van der Waals surface area contributed by atoms with Gasteiger partial charge >= 0.3 is 5.97 Å². The zero-order valence-electron chi connectivity index (χ0n) is 15.5. The summed E-state index contributed by atoms with van der Waals surface area (Å²) < 4.78 is 13.1. The molecule has 0 fully saturated rings. The van der Waals surface area contributed by atoms with Crippen molar-refractivity contribution < 1.29 is 13.9 Å². The molecule has 1 aromatic carbocycles. The van der Waals surface area contributed by atoms with E-state index in [0.717, 1.165) is 10.0 Å². The average molecular weight is 489 g/mol. The van der Waals surface area contributed by atoms with E-state index in [9.17, 15) is 9.59 Å². The standard InChI is InChI=1S/C21H15BrClN3O4/c22-14-3-6-18-25-16(9-20(27)26(18)11-14)12-29-21(28)8-7-19-24-10-17(30-19)13-1-4-15(23)5-2-13/h1-6,9-11H,7-8,12H2. The van der Waals surface area contributed by atoms with Crippen molar-refractivity contribution in [2.24, 2.45) is 0 Å². The number of hydrogen-bond acceptors (Lipinski definition) is 6. The van der Waals surface area contributed by atoms with Crippen LogP contribution in [-0.2, 0) is 22.6 Å². The topological polar surface area (TPSA) is 86.7 Å². The second-order valence-corrected chi connectivity index (χ2v) is 7.80. The Labute approximate surface area is 184 Å². The molecular formula is C21H15BrClN3O4. The second kappa shape index (κ2) is 8.81. The Balaban J connectivity index is 1.33. The van der Waals surface area contributed by atoms with Crippen LogP contribution in [0.1, 0.15) is 18.0 Å². The van der Waals surface area contributed by atoms with Crippen LogP contribution in [0.3, 0.4) is 0 Å². The molecule has 0 N–H and O–H groups in total. The van der Waals surface area contributed by atoms with E-state index < -0.39 is 5.97 Å². The van der Waals surface area contributed by atoms with Crippen molar-refractivity contribution in [1.29, 1.82) is 0 Å². The lowest BCUT2D eigenvalue weighted by Gasteiger charge is -2.06. The Hall–Kier alpha value is -2.97. The third kappa shape index (κ3) is 4.77. The van der Waals surface area contributed by atoms with Crippen molar-refractivity contribution >= 4 is 39.1 Å². The Morgan fingerprint density at radius 1 is 1.20 bits per heavy atom. The first-order chi connectivity index (χ1) is 14.5. The third-order valence-electron chi connectivity index (χ3n) is 4.28. The van der Waals surface area contributed by atoms with Gasteiger partial charge in [0, 0.05) is 33.7 Å². The Bertz CT molecular complexity index is 1270. The minimum atomic E-state index is -0.431. The maximum Gasteiger partial charge on any atom is 0.306 e. The summed E-state index contributed by atoms with van der Waals surface area (Å²) >= 11 is 9.20. The van der Waals surface area contributed by atoms with Crippen LogP contribution in [0.15, 0.2) is 68.5 Å². The molecule has 0 aliphatic rings. The number of ether oxygens (including phenoxy) is 1. The minimum Gasteiger partial charge on any atom is -0.459 e. The fourth-order valence-electron chi connectivity index (χ4n) is 2.81. The van der Waals surface area contributed by atoms with E-state index in [-0.39, 0.29) is 18.6 Å². The lowest BCUT2D eigenvalue weighted by atomic mass is 10.2. The van der Waals surface area contributed by atoms with Crippen LogP contribution in [0.5, 0.6) is 0 Å². The number of carbonyl (C=O) groups is 1. The van der Waals surface area contributed by atoms with Crippen molar-refractivity contribution in [3.63, 3.8) is 0 Å². The zero-order valence-corrected chi connectivity index (χ0v) is 17.9. The van der Waals surface area contributed by atoms with E-state index in [0.29, 0.717) is 34.4 Å². The number of pyridine rings is 1. The predicted octanol–water partition coefficient (Wildman–Crippen LogP) is 4.44. The van der Waals surface area contributed by atoms with Crippen LogP contribution in [-0.4, -0.2) is 20.3 Å². The largest absolute Gasteiger partial charge is 0.459 e. The predicted molar refractivity (Wildman–Crippen MR) is 114 cm³/mol. The van der Waals surface area contributed by atoms with Crippen molar-refractivity contribution in [3.05, 3.63) is 86.3 Å². The smallest absolute Gasteiger partial charge is 0.306 e. The van der Waals surface area contributed by atoms with Gasteiger partial charge in [0.05, 0.1) is 18.3 Å². The van der Waals surface area contributed by atoms with Crippen LogP contribution in [0.2, 0.25) is 5.02 Å². The van der Waals surface area contributed by atoms with E-state index >= 15 is 0 Å². The summed E-state index contributed by atoms with van der Waals surface area (Å²) in [6.45, 7) is -0.0811. The number of halogens is 2. The van der Waals surface area contributed by atoms with Gasteiger partial charge in [-0.1, -0.05) is 11.6 Å². The number of carbonyl (C=O) groups excluding carboxylic acids is 1. The summed E-state index contributed by atoms with van der Waals surface area (Å²) in [5, 5.41) is 0.637. The fraction of sp³-hybridized carbons (Fsp3) is 0.143. The summed E-state index contributed by atoms with van der Waals surface area (Å²) in [5.74, 6) is 0.603. The second-order valence-electron chi connectivity index (χ2n) is 6.45. The van der Waals surface area contributed by atoms with Crippen LogP contribution in [0.4, 0.5) is 0 Å². The number of hydrogen-bond donors (Lipinski definition) is 0. The van der Waals surface area contributed by atoms with E-state index in [1.807, 2.05) is 12.1 Å². The molecule has 4 aromatic rings. The monoisotopic (exact) mass is 487 g/mol. The van der Waals surface area contributed by atoms with Crippen molar-refractivity contribution in [3.8, 4) is 11.3 Å². The van der Waals surface area contributed by atoms with E-state index in [1.165, 1.54) is 10.5 Å². The zero-order chi connectivity index (χ0) is 21.1. The van der Waals surface area contributed by atoms with Gasteiger partial charge in [0.2, 0.25) is 0 Å². The highest BCUT2D eigenvalue weighted by Gasteiger charge is 2.11. The normalized spacial score (nSPS) is 11.0. The van der Waals surface area contributed by atoms with Gasteiger partial charge in [0.15, 0.2) is 11.7 Å². The highest BCUT2D eigenvalue weighted by molar-refractivity contribution is 9.10. The number of oxazole rings is 1.